The molecule has 0 saturated heterocycles. The summed E-state index contributed by atoms with van der Waals surface area (Å²) in [6, 6.07) is 5.85. The number of benzene rings is 1. The third kappa shape index (κ3) is 3.57. The van der Waals surface area contributed by atoms with E-state index < -0.39 is 0 Å². The minimum absolute atomic E-state index is 0.245. The number of thiocarbonyl (C=S) groups is 1. The molecule has 5 heteroatoms. The van der Waals surface area contributed by atoms with Gasteiger partial charge in [0.05, 0.1) is 6.61 Å². The Morgan fingerprint density at radius 2 is 2.22 bits per heavy atom. The lowest BCUT2D eigenvalue weighted by Crippen LogP contribution is -2.37. The minimum atomic E-state index is 0.245. The van der Waals surface area contributed by atoms with Crippen molar-refractivity contribution in [2.45, 2.75) is 19.9 Å². The fraction of sp³-hybridized carbons (Fsp3) is 0.462. The molecule has 18 heavy (non-hydrogen) atoms. The van der Waals surface area contributed by atoms with E-state index in [0.717, 1.165) is 17.8 Å². The number of nitrogens with zero attached hydrogens (tertiary/aromatic N) is 1. The fourth-order valence-corrected chi connectivity index (χ4v) is 2.34. The zero-order chi connectivity index (χ0) is 13.7. The molecule has 1 atom stereocenters. The molecule has 1 unspecified atom stereocenters. The minimum Gasteiger partial charge on any atom is -0.389 e. The average molecular weight is 287 g/mol. The Labute approximate surface area is 119 Å². The first kappa shape index (κ1) is 15.2. The molecule has 0 fully saturated rings. The van der Waals surface area contributed by atoms with Gasteiger partial charge in [0.1, 0.15) is 4.99 Å². The molecule has 1 aromatic carbocycles. The molecule has 0 aliphatic carbocycles. The molecule has 0 bridgehead atoms. The van der Waals surface area contributed by atoms with Gasteiger partial charge in [-0.3, -0.25) is 0 Å². The van der Waals surface area contributed by atoms with Crippen molar-refractivity contribution in [2.75, 3.05) is 25.2 Å². The standard InChI is InChI=1S/C13H19ClN2OS/c1-4-16(9(2)8-17-3)12-6-5-10(14)7-11(12)13(15)18/h5-7,9H,4,8H2,1-3H3,(H2,15,18). The summed E-state index contributed by atoms with van der Waals surface area (Å²) in [5.41, 5.74) is 7.57. The van der Waals surface area contributed by atoms with Gasteiger partial charge in [-0.2, -0.15) is 0 Å². The van der Waals surface area contributed by atoms with Gasteiger partial charge >= 0.3 is 0 Å². The monoisotopic (exact) mass is 286 g/mol. The summed E-state index contributed by atoms with van der Waals surface area (Å²) in [5, 5.41) is 0.636. The molecule has 2 N–H and O–H groups in total. The molecule has 0 aliphatic heterocycles. The largest absolute Gasteiger partial charge is 0.389 e. The molecule has 0 aliphatic rings. The summed E-state index contributed by atoms with van der Waals surface area (Å²) in [6.45, 7) is 5.68. The summed E-state index contributed by atoms with van der Waals surface area (Å²) in [6.07, 6.45) is 0. The van der Waals surface area contributed by atoms with Gasteiger partial charge in [-0.05, 0) is 32.0 Å². The molecule has 1 aromatic rings. The van der Waals surface area contributed by atoms with Crippen molar-refractivity contribution in [3.63, 3.8) is 0 Å². The number of anilines is 1. The van der Waals surface area contributed by atoms with E-state index in [-0.39, 0.29) is 6.04 Å². The van der Waals surface area contributed by atoms with Crippen LogP contribution in [0.1, 0.15) is 19.4 Å². The topological polar surface area (TPSA) is 38.5 Å². The van der Waals surface area contributed by atoms with Crippen LogP contribution < -0.4 is 10.6 Å². The average Bonchev–Trinajstić information content (AvgIpc) is 2.32. The highest BCUT2D eigenvalue weighted by atomic mass is 35.5. The Morgan fingerprint density at radius 3 is 2.72 bits per heavy atom. The van der Waals surface area contributed by atoms with Crippen molar-refractivity contribution >= 4 is 34.5 Å². The number of rotatable bonds is 6. The van der Waals surface area contributed by atoms with Gasteiger partial charge in [-0.15, -0.1) is 0 Å². The normalized spacial score (nSPS) is 12.2. The SMILES string of the molecule is CCN(c1ccc(Cl)cc1C(N)=S)C(C)COC. The van der Waals surface area contributed by atoms with Gasteiger partial charge < -0.3 is 15.4 Å². The summed E-state index contributed by atoms with van der Waals surface area (Å²) in [5.74, 6) is 0. The number of likely N-dealkylation sites (N-methyl/N-ethyl adjacent to an activating group) is 1. The van der Waals surface area contributed by atoms with E-state index in [1.807, 2.05) is 12.1 Å². The highest BCUT2D eigenvalue weighted by Gasteiger charge is 2.17. The Hall–Kier alpha value is -0.840. The van der Waals surface area contributed by atoms with E-state index in [1.54, 1.807) is 13.2 Å². The van der Waals surface area contributed by atoms with Gasteiger partial charge in [0, 0.05) is 36.0 Å². The Bertz CT molecular complexity index is 425. The maximum atomic E-state index is 5.99. The Morgan fingerprint density at radius 1 is 1.56 bits per heavy atom. The number of nitrogens with two attached hydrogens (primary N) is 1. The molecule has 100 valence electrons. The first-order valence-corrected chi connectivity index (χ1v) is 6.64. The molecular weight excluding hydrogens is 268 g/mol. The van der Waals surface area contributed by atoms with Crippen molar-refractivity contribution < 1.29 is 4.74 Å². The summed E-state index contributed by atoms with van der Waals surface area (Å²) < 4.78 is 5.20. The van der Waals surface area contributed by atoms with Crippen LogP contribution in [-0.4, -0.2) is 31.3 Å². The molecule has 0 amide bonds. The van der Waals surface area contributed by atoms with Gasteiger partial charge in [0.2, 0.25) is 0 Å². The lowest BCUT2D eigenvalue weighted by atomic mass is 10.1. The molecule has 1 rings (SSSR count). The van der Waals surface area contributed by atoms with Gasteiger partial charge in [0.15, 0.2) is 0 Å². The van der Waals surface area contributed by atoms with E-state index >= 15 is 0 Å². The van der Waals surface area contributed by atoms with Gasteiger partial charge in [-0.25, -0.2) is 0 Å². The zero-order valence-electron chi connectivity index (χ0n) is 10.9. The van der Waals surface area contributed by atoms with Crippen molar-refractivity contribution in [3.05, 3.63) is 28.8 Å². The molecule has 0 radical (unpaired) electrons. The molecule has 3 nitrogen and oxygen atoms in total. The predicted octanol–water partition coefficient (Wildman–Crippen LogP) is 2.84. The summed E-state index contributed by atoms with van der Waals surface area (Å²) in [4.78, 5) is 2.56. The van der Waals surface area contributed by atoms with Crippen LogP contribution in [0.3, 0.4) is 0 Å². The first-order valence-electron chi connectivity index (χ1n) is 5.86. The second kappa shape index (κ2) is 6.92. The van der Waals surface area contributed by atoms with Crippen LogP contribution in [0.25, 0.3) is 0 Å². The van der Waals surface area contributed by atoms with Crippen LogP contribution in [0, 0.1) is 0 Å². The van der Waals surface area contributed by atoms with Crippen molar-refractivity contribution in [1.82, 2.24) is 0 Å². The quantitative estimate of drug-likeness (QED) is 0.816. The number of methoxy groups -OCH3 is 1. The van der Waals surface area contributed by atoms with Crippen molar-refractivity contribution in [3.8, 4) is 0 Å². The van der Waals surface area contributed by atoms with E-state index in [4.69, 9.17) is 34.3 Å². The fourth-order valence-electron chi connectivity index (χ4n) is 2.01. The van der Waals surface area contributed by atoms with Gasteiger partial charge in [0.25, 0.3) is 0 Å². The third-order valence-corrected chi connectivity index (χ3v) is 3.27. The number of ether oxygens (including phenoxy) is 1. The van der Waals surface area contributed by atoms with E-state index in [9.17, 15) is 0 Å². The molecule has 0 aromatic heterocycles. The Balaban J connectivity index is 3.16. The van der Waals surface area contributed by atoms with Crippen molar-refractivity contribution in [1.29, 1.82) is 0 Å². The van der Waals surface area contributed by atoms with Crippen molar-refractivity contribution in [2.24, 2.45) is 5.73 Å². The highest BCUT2D eigenvalue weighted by molar-refractivity contribution is 7.80. The second-order valence-electron chi connectivity index (χ2n) is 4.12. The lowest BCUT2D eigenvalue weighted by molar-refractivity contribution is 0.182. The maximum Gasteiger partial charge on any atom is 0.106 e. The zero-order valence-corrected chi connectivity index (χ0v) is 12.5. The van der Waals surface area contributed by atoms with Crippen LogP contribution in [0.15, 0.2) is 18.2 Å². The number of halogens is 1. The number of hydrogen-bond acceptors (Lipinski definition) is 3. The summed E-state index contributed by atoms with van der Waals surface area (Å²) in [7, 11) is 1.70. The lowest BCUT2D eigenvalue weighted by Gasteiger charge is -2.31. The van der Waals surface area contributed by atoms with E-state index in [1.165, 1.54) is 0 Å². The smallest absolute Gasteiger partial charge is 0.106 e. The first-order chi connectivity index (χ1) is 8.51. The molecule has 0 heterocycles. The summed E-state index contributed by atoms with van der Waals surface area (Å²) >= 11 is 11.1. The highest BCUT2D eigenvalue weighted by Crippen LogP contribution is 2.26. The van der Waals surface area contributed by atoms with Gasteiger partial charge in [-0.1, -0.05) is 23.8 Å². The van der Waals surface area contributed by atoms with Crippen LogP contribution in [0.2, 0.25) is 5.02 Å². The van der Waals surface area contributed by atoms with Crippen LogP contribution in [0.4, 0.5) is 5.69 Å². The number of hydrogen-bond donors (Lipinski definition) is 1. The van der Waals surface area contributed by atoms with Crippen LogP contribution in [0.5, 0.6) is 0 Å². The molecule has 0 saturated carbocycles. The molecule has 0 spiro atoms. The van der Waals surface area contributed by atoms with Crippen LogP contribution >= 0.6 is 23.8 Å². The third-order valence-electron chi connectivity index (χ3n) is 2.81. The van der Waals surface area contributed by atoms with E-state index in [2.05, 4.69) is 18.7 Å². The Kier molecular flexibility index (Phi) is 5.85. The maximum absolute atomic E-state index is 5.99. The predicted molar refractivity (Wildman–Crippen MR) is 81.7 cm³/mol. The molecular formula is C13H19ClN2OS. The van der Waals surface area contributed by atoms with Crippen LogP contribution in [-0.2, 0) is 4.74 Å². The van der Waals surface area contributed by atoms with E-state index in [0.29, 0.717) is 16.6 Å². The second-order valence-corrected chi connectivity index (χ2v) is 4.99.